The van der Waals surface area contributed by atoms with Gasteiger partial charge in [0, 0.05) is 0 Å². The molecule has 3 aromatic rings. The number of rotatable bonds is 4. The zero-order valence-electron chi connectivity index (χ0n) is 12.4. The molecule has 0 radical (unpaired) electrons. The van der Waals surface area contributed by atoms with E-state index >= 15 is 0 Å². The molecular formula is C17H18GeO4. The zero-order chi connectivity index (χ0) is 15.0. The van der Waals surface area contributed by atoms with Crippen molar-refractivity contribution in [3.8, 4) is 0 Å². The van der Waals surface area contributed by atoms with E-state index in [0.717, 1.165) is 27.0 Å². The maximum absolute atomic E-state index is 5.92. The predicted molar refractivity (Wildman–Crippen MR) is 84.5 cm³/mol. The Bertz CT molecular complexity index is 616. The van der Waals surface area contributed by atoms with Crippen LogP contribution in [0.15, 0.2) is 68.4 Å². The van der Waals surface area contributed by atoms with Gasteiger partial charge in [0.2, 0.25) is 0 Å². The van der Waals surface area contributed by atoms with Gasteiger partial charge in [-0.3, -0.25) is 0 Å². The molecule has 0 unspecified atom stereocenters. The van der Waals surface area contributed by atoms with Crippen LogP contribution in [0.4, 0.5) is 0 Å². The molecule has 4 heterocycles. The molecule has 2 atom stereocenters. The second-order valence-corrected chi connectivity index (χ2v) is 13.9. The molecule has 0 N–H and O–H groups in total. The third kappa shape index (κ3) is 1.94. The number of furan rings is 3. The standard InChI is InChI=1S/C17H18GeO4/c1-13-11-19-12-14(13)18(15-5-2-8-20-15,16-6-3-9-21-16)17-7-4-10-22-17/h2-10,13-14H,11-12H2,1H3/t13-,14-/m0/s1. The van der Waals surface area contributed by atoms with Gasteiger partial charge in [-0.05, 0) is 0 Å². The van der Waals surface area contributed by atoms with Crippen molar-refractivity contribution in [1.29, 1.82) is 0 Å². The van der Waals surface area contributed by atoms with E-state index in [9.17, 15) is 0 Å². The fourth-order valence-electron chi connectivity index (χ4n) is 3.63. The van der Waals surface area contributed by atoms with E-state index in [1.165, 1.54) is 0 Å². The van der Waals surface area contributed by atoms with Gasteiger partial charge >= 0.3 is 131 Å². The Balaban J connectivity index is 2.00. The van der Waals surface area contributed by atoms with Crippen LogP contribution in [0.1, 0.15) is 6.92 Å². The average molecular weight is 359 g/mol. The molecule has 0 bridgehead atoms. The van der Waals surface area contributed by atoms with Gasteiger partial charge < -0.3 is 0 Å². The summed E-state index contributed by atoms with van der Waals surface area (Å²) in [6.45, 7) is 3.75. The summed E-state index contributed by atoms with van der Waals surface area (Å²) < 4.78 is 26.9. The number of ether oxygens (including phenoxy) is 1. The van der Waals surface area contributed by atoms with Gasteiger partial charge in [-0.1, -0.05) is 0 Å². The van der Waals surface area contributed by atoms with Crippen LogP contribution in [-0.2, 0) is 4.74 Å². The summed E-state index contributed by atoms with van der Waals surface area (Å²) in [5.74, 6) is 0.445. The molecule has 0 spiro atoms. The molecule has 1 fully saturated rings. The van der Waals surface area contributed by atoms with Gasteiger partial charge in [-0.15, -0.1) is 0 Å². The first-order chi connectivity index (χ1) is 10.8. The molecule has 0 aliphatic carbocycles. The molecular weight excluding hydrogens is 341 g/mol. The predicted octanol–water partition coefficient (Wildman–Crippen LogP) is 1.97. The van der Waals surface area contributed by atoms with E-state index < -0.39 is 13.3 Å². The number of hydrogen-bond acceptors (Lipinski definition) is 4. The molecule has 1 aliphatic heterocycles. The topological polar surface area (TPSA) is 48.7 Å². The van der Waals surface area contributed by atoms with Gasteiger partial charge in [0.05, 0.1) is 0 Å². The van der Waals surface area contributed by atoms with Gasteiger partial charge in [-0.25, -0.2) is 0 Å². The SMILES string of the molecule is C[C@H]1COC[C@@H]1[Ge]([c]1ccco1)([c]1ccco1)[c]1ccco1. The average Bonchev–Trinajstić information content (AvgIpc) is 3.32. The summed E-state index contributed by atoms with van der Waals surface area (Å²) in [5, 5.41) is 0. The van der Waals surface area contributed by atoms with Crippen LogP contribution in [-0.4, -0.2) is 26.5 Å². The van der Waals surface area contributed by atoms with Crippen molar-refractivity contribution in [3.63, 3.8) is 0 Å². The molecule has 0 amide bonds. The molecule has 114 valence electrons. The Morgan fingerprint density at radius 1 is 0.818 bits per heavy atom. The first kappa shape index (κ1) is 14.0. The summed E-state index contributed by atoms with van der Waals surface area (Å²) in [6, 6.07) is 12.0. The summed E-state index contributed by atoms with van der Waals surface area (Å²) >= 11 is -3.19. The molecule has 1 saturated heterocycles. The van der Waals surface area contributed by atoms with Crippen molar-refractivity contribution in [2.24, 2.45) is 5.92 Å². The molecule has 0 saturated carbocycles. The van der Waals surface area contributed by atoms with Gasteiger partial charge in [0.1, 0.15) is 0 Å². The Morgan fingerprint density at radius 3 is 1.64 bits per heavy atom. The monoisotopic (exact) mass is 360 g/mol. The molecule has 5 heteroatoms. The summed E-state index contributed by atoms with van der Waals surface area (Å²) in [7, 11) is 0. The van der Waals surface area contributed by atoms with Crippen LogP contribution in [0.2, 0.25) is 4.75 Å². The van der Waals surface area contributed by atoms with E-state index in [1.54, 1.807) is 18.8 Å². The van der Waals surface area contributed by atoms with E-state index in [0.29, 0.717) is 10.7 Å². The fraction of sp³-hybridized carbons (Fsp3) is 0.294. The normalized spacial score (nSPS) is 22.2. The van der Waals surface area contributed by atoms with Gasteiger partial charge in [-0.2, -0.15) is 0 Å². The molecule has 1 aliphatic rings. The van der Waals surface area contributed by atoms with E-state index in [1.807, 2.05) is 18.2 Å². The minimum absolute atomic E-state index is 0.364. The molecule has 3 aromatic heterocycles. The zero-order valence-corrected chi connectivity index (χ0v) is 14.5. The van der Waals surface area contributed by atoms with Crippen molar-refractivity contribution < 1.29 is 18.0 Å². The second-order valence-electron chi connectivity index (χ2n) is 5.86. The van der Waals surface area contributed by atoms with E-state index in [2.05, 4.69) is 25.1 Å². The van der Waals surface area contributed by atoms with Crippen molar-refractivity contribution in [1.82, 2.24) is 0 Å². The Morgan fingerprint density at radius 2 is 1.32 bits per heavy atom. The summed E-state index contributed by atoms with van der Waals surface area (Å²) in [4.78, 5) is 0. The first-order valence-corrected chi connectivity index (χ1v) is 11.9. The van der Waals surface area contributed by atoms with Crippen LogP contribution in [0, 0.1) is 5.92 Å². The molecule has 22 heavy (non-hydrogen) atoms. The van der Waals surface area contributed by atoms with Crippen LogP contribution in [0.5, 0.6) is 0 Å². The van der Waals surface area contributed by atoms with Crippen molar-refractivity contribution in [2.75, 3.05) is 13.2 Å². The van der Waals surface area contributed by atoms with Gasteiger partial charge in [0.15, 0.2) is 0 Å². The van der Waals surface area contributed by atoms with Crippen LogP contribution in [0.3, 0.4) is 0 Å². The van der Waals surface area contributed by atoms with Gasteiger partial charge in [0.25, 0.3) is 0 Å². The van der Waals surface area contributed by atoms with E-state index in [-0.39, 0.29) is 0 Å². The maximum atomic E-state index is 5.92. The number of hydrogen-bond donors (Lipinski definition) is 0. The summed E-state index contributed by atoms with van der Waals surface area (Å²) in [5.41, 5.74) is 0. The van der Waals surface area contributed by atoms with Crippen LogP contribution in [0.25, 0.3) is 0 Å². The quantitative estimate of drug-likeness (QED) is 0.669. The molecule has 4 rings (SSSR count). The first-order valence-electron chi connectivity index (χ1n) is 7.53. The van der Waals surface area contributed by atoms with Crippen LogP contribution < -0.4 is 13.8 Å². The van der Waals surface area contributed by atoms with Crippen molar-refractivity contribution in [3.05, 3.63) is 55.2 Å². The Hall–Kier alpha value is -1.66. The third-order valence-corrected chi connectivity index (χ3v) is 15.2. The molecule has 4 nitrogen and oxygen atoms in total. The fourth-order valence-corrected chi connectivity index (χ4v) is 14.1. The third-order valence-electron chi connectivity index (χ3n) is 4.65. The van der Waals surface area contributed by atoms with E-state index in [4.69, 9.17) is 18.0 Å². The van der Waals surface area contributed by atoms with Crippen molar-refractivity contribution in [2.45, 2.75) is 11.7 Å². The van der Waals surface area contributed by atoms with Crippen LogP contribution >= 0.6 is 0 Å². The Labute approximate surface area is 131 Å². The Kier molecular flexibility index (Phi) is 3.50. The summed E-state index contributed by atoms with van der Waals surface area (Å²) in [6.07, 6.45) is 5.21. The van der Waals surface area contributed by atoms with Crippen molar-refractivity contribution >= 4 is 27.0 Å². The minimum atomic E-state index is -3.19. The second kappa shape index (κ2) is 5.52. The molecule has 0 aromatic carbocycles.